The fourth-order valence-corrected chi connectivity index (χ4v) is 2.21. The Morgan fingerprint density at radius 1 is 0.704 bits per heavy atom. The molecule has 0 atom stereocenters. The first-order valence-electron chi connectivity index (χ1n) is 8.34. The second-order valence-corrected chi connectivity index (χ2v) is 5.31. The Labute approximate surface area is 203 Å². The van der Waals surface area contributed by atoms with Crippen LogP contribution in [0, 0.1) is 0 Å². The van der Waals surface area contributed by atoms with E-state index in [2.05, 4.69) is 5.32 Å². The van der Waals surface area contributed by atoms with E-state index in [4.69, 9.17) is 29.2 Å². The van der Waals surface area contributed by atoms with Crippen molar-refractivity contribution >= 4 is 11.9 Å². The summed E-state index contributed by atoms with van der Waals surface area (Å²) in [4.78, 5) is 23.8. The van der Waals surface area contributed by atoms with Crippen molar-refractivity contribution in [3.8, 4) is 0 Å². The van der Waals surface area contributed by atoms with Gasteiger partial charge in [0.2, 0.25) is 6.04 Å². The van der Waals surface area contributed by atoms with E-state index in [0.717, 1.165) is 0 Å². The third-order valence-electron chi connectivity index (χ3n) is 3.47. The molecule has 0 bridgehead atoms. The maximum absolute atomic E-state index is 11.2. The summed E-state index contributed by atoms with van der Waals surface area (Å²) in [6, 6.07) is -1.63. The van der Waals surface area contributed by atoms with Crippen molar-refractivity contribution in [2.75, 3.05) is 79.0 Å². The molecule has 1 rings (SSSR count). The molecule has 0 amide bonds. The normalized spacial score (nSPS) is 19.7. The van der Waals surface area contributed by atoms with Gasteiger partial charge in [0.05, 0.1) is 52.9 Å². The fourth-order valence-electron chi connectivity index (χ4n) is 2.21. The van der Waals surface area contributed by atoms with E-state index < -0.39 is 18.0 Å². The van der Waals surface area contributed by atoms with Crippen molar-refractivity contribution in [3.05, 3.63) is 0 Å². The molecule has 1 aliphatic rings. The van der Waals surface area contributed by atoms with Gasteiger partial charge in [0.1, 0.15) is 0 Å². The van der Waals surface area contributed by atoms with Crippen molar-refractivity contribution in [2.45, 2.75) is 6.04 Å². The van der Waals surface area contributed by atoms with Crippen LogP contribution in [0.3, 0.4) is 0 Å². The number of carbonyl (C=O) groups is 2. The van der Waals surface area contributed by atoms with Gasteiger partial charge >= 0.3 is 71.1 Å². The zero-order chi connectivity index (χ0) is 18.3. The predicted octanol–water partition coefficient (Wildman–Crippen LogP) is -7.50. The van der Waals surface area contributed by atoms with Gasteiger partial charge in [-0.3, -0.25) is 4.90 Å². The Kier molecular flexibility index (Phi) is 22.1. The quantitative estimate of drug-likeness (QED) is 0.305. The Morgan fingerprint density at radius 3 is 1.44 bits per heavy atom. The Bertz CT molecular complexity index is 361. The van der Waals surface area contributed by atoms with E-state index in [9.17, 15) is 9.59 Å². The van der Waals surface area contributed by atoms with Gasteiger partial charge in [-0.2, -0.15) is 0 Å². The van der Waals surface area contributed by atoms with Gasteiger partial charge in [0.25, 0.3) is 0 Å². The number of ether oxygens (including phenoxy) is 4. The van der Waals surface area contributed by atoms with Gasteiger partial charge in [0, 0.05) is 26.2 Å². The van der Waals surface area contributed by atoms with Crippen LogP contribution in [-0.2, 0) is 28.5 Å². The van der Waals surface area contributed by atoms with Crippen molar-refractivity contribution in [1.29, 1.82) is 0 Å². The Balaban J connectivity index is 0. The van der Waals surface area contributed by atoms with Crippen molar-refractivity contribution in [2.24, 2.45) is 0 Å². The van der Waals surface area contributed by atoms with Crippen LogP contribution in [0.15, 0.2) is 0 Å². The summed E-state index contributed by atoms with van der Waals surface area (Å²) < 4.78 is 21.5. The third kappa shape index (κ3) is 15.2. The zero-order valence-corrected chi connectivity index (χ0v) is 20.4. The summed E-state index contributed by atoms with van der Waals surface area (Å²) in [7, 11) is 0. The standard InChI is InChI=1S/C15H28N2O8.2Na/c18-14(19)13(15(20)21)17-3-7-24-11-9-22-5-1-16-2-6-23-10-12-25-8-4-17;;/h13,16H,1-12H2,(H,18,19)(H,20,21);;/q;2*+1. The molecular formula is C15H28N2Na2O8+2. The first kappa shape index (κ1) is 29.9. The molecule has 146 valence electrons. The van der Waals surface area contributed by atoms with Crippen molar-refractivity contribution < 1.29 is 97.9 Å². The van der Waals surface area contributed by atoms with Crippen LogP contribution in [0.5, 0.6) is 0 Å². The van der Waals surface area contributed by atoms with Gasteiger partial charge < -0.3 is 34.5 Å². The number of carboxylic acids is 2. The molecule has 12 heteroatoms. The minimum Gasteiger partial charge on any atom is -0.480 e. The number of nitrogens with one attached hydrogen (secondary N) is 1. The number of hydrogen-bond donors (Lipinski definition) is 3. The molecule has 1 saturated heterocycles. The third-order valence-corrected chi connectivity index (χ3v) is 3.47. The van der Waals surface area contributed by atoms with Gasteiger partial charge in [0.15, 0.2) is 0 Å². The molecule has 0 saturated carbocycles. The summed E-state index contributed by atoms with van der Waals surface area (Å²) in [5.41, 5.74) is 0. The van der Waals surface area contributed by atoms with Crippen LogP contribution in [0.2, 0.25) is 0 Å². The minimum absolute atomic E-state index is 0. The summed E-state index contributed by atoms with van der Waals surface area (Å²) >= 11 is 0. The Morgan fingerprint density at radius 2 is 1.07 bits per heavy atom. The van der Waals surface area contributed by atoms with E-state index in [-0.39, 0.29) is 85.4 Å². The van der Waals surface area contributed by atoms with Gasteiger partial charge in [-0.15, -0.1) is 0 Å². The van der Waals surface area contributed by atoms with E-state index in [1.54, 1.807) is 0 Å². The van der Waals surface area contributed by atoms with Crippen LogP contribution in [0.1, 0.15) is 0 Å². The van der Waals surface area contributed by atoms with Crippen LogP contribution < -0.4 is 64.4 Å². The van der Waals surface area contributed by atoms with E-state index in [1.165, 1.54) is 4.90 Å². The number of nitrogens with zero attached hydrogens (tertiary/aromatic N) is 1. The maximum Gasteiger partial charge on any atom is 1.00 e. The molecule has 27 heavy (non-hydrogen) atoms. The molecule has 0 unspecified atom stereocenters. The number of carboxylic acid groups (broad SMARTS) is 2. The molecule has 1 fully saturated rings. The molecule has 3 N–H and O–H groups in total. The van der Waals surface area contributed by atoms with Crippen LogP contribution in [0.4, 0.5) is 0 Å². The molecule has 0 aliphatic carbocycles. The molecular weight excluding hydrogens is 382 g/mol. The SMILES string of the molecule is O=C(O)C(C(=O)O)N1CCOCCOCCNCCOCCOCC1.[Na+].[Na+]. The van der Waals surface area contributed by atoms with E-state index in [1.807, 2.05) is 0 Å². The van der Waals surface area contributed by atoms with Gasteiger partial charge in [-0.05, 0) is 0 Å². The fraction of sp³-hybridized carbons (Fsp3) is 0.867. The largest absolute Gasteiger partial charge is 1.00 e. The first-order chi connectivity index (χ1) is 12.1. The summed E-state index contributed by atoms with van der Waals surface area (Å²) in [5.74, 6) is -2.82. The second-order valence-electron chi connectivity index (χ2n) is 5.31. The molecule has 0 aromatic carbocycles. The smallest absolute Gasteiger partial charge is 0.480 e. The molecule has 1 heterocycles. The maximum atomic E-state index is 11.2. The molecule has 0 spiro atoms. The summed E-state index contributed by atoms with van der Waals surface area (Å²) in [6.45, 7) is 4.86. The molecule has 0 aromatic rings. The van der Waals surface area contributed by atoms with Gasteiger partial charge in [-0.1, -0.05) is 0 Å². The molecule has 0 radical (unpaired) electrons. The summed E-state index contributed by atoms with van der Waals surface area (Å²) in [6.07, 6.45) is 0. The van der Waals surface area contributed by atoms with Crippen LogP contribution in [-0.4, -0.2) is 112 Å². The topological polar surface area (TPSA) is 127 Å². The Hall–Kier alpha value is 0.700. The summed E-state index contributed by atoms with van der Waals surface area (Å²) in [5, 5.41) is 21.5. The number of aliphatic carboxylic acids is 2. The van der Waals surface area contributed by atoms with Crippen molar-refractivity contribution in [1.82, 2.24) is 10.2 Å². The number of rotatable bonds is 3. The van der Waals surface area contributed by atoms with Crippen LogP contribution >= 0.6 is 0 Å². The average molecular weight is 410 g/mol. The molecule has 0 aromatic heterocycles. The predicted molar refractivity (Wildman–Crippen MR) is 86.8 cm³/mol. The minimum atomic E-state index is -1.63. The van der Waals surface area contributed by atoms with E-state index in [0.29, 0.717) is 52.7 Å². The number of hydrogen-bond acceptors (Lipinski definition) is 8. The van der Waals surface area contributed by atoms with Crippen molar-refractivity contribution in [3.63, 3.8) is 0 Å². The first-order valence-corrected chi connectivity index (χ1v) is 8.34. The van der Waals surface area contributed by atoms with E-state index >= 15 is 0 Å². The van der Waals surface area contributed by atoms with Crippen LogP contribution in [0.25, 0.3) is 0 Å². The average Bonchev–Trinajstić information content (AvgIpc) is 2.55. The monoisotopic (exact) mass is 410 g/mol. The zero-order valence-electron chi connectivity index (χ0n) is 16.4. The molecule has 10 nitrogen and oxygen atoms in total. The second kappa shape index (κ2) is 20.0. The van der Waals surface area contributed by atoms with Gasteiger partial charge in [-0.25, -0.2) is 9.59 Å². The molecule has 1 aliphatic heterocycles.